The molecule has 0 saturated carbocycles. The second-order valence-electron chi connectivity index (χ2n) is 4.71. The predicted octanol–water partition coefficient (Wildman–Crippen LogP) is 2.77. The number of hydrogen-bond donors (Lipinski definition) is 1. The number of nitrogens with one attached hydrogen (secondary N) is 1. The Labute approximate surface area is 148 Å². The molecular weight excluding hydrogens is 409 g/mol. The van der Waals surface area contributed by atoms with Crippen molar-refractivity contribution in [1.29, 1.82) is 0 Å². The van der Waals surface area contributed by atoms with Gasteiger partial charge >= 0.3 is 5.97 Å². The minimum atomic E-state index is -0.516. The zero-order valence-electron chi connectivity index (χ0n) is 12.5. The van der Waals surface area contributed by atoms with Crippen LogP contribution in [-0.4, -0.2) is 25.6 Å². The lowest BCUT2D eigenvalue weighted by atomic mass is 10.2. The highest BCUT2D eigenvalue weighted by atomic mass is 127. The minimum Gasteiger partial charge on any atom is -0.497 e. The molecule has 0 bridgehead atoms. The molecule has 2 aromatic carbocycles. The molecule has 0 spiro atoms. The van der Waals surface area contributed by atoms with E-state index in [1.807, 2.05) is 24.3 Å². The molecule has 0 heterocycles. The molecule has 6 heteroatoms. The van der Waals surface area contributed by atoms with Gasteiger partial charge in [0.05, 0.1) is 12.7 Å². The maximum atomic E-state index is 11.8. The van der Waals surface area contributed by atoms with Crippen molar-refractivity contribution in [1.82, 2.24) is 5.32 Å². The van der Waals surface area contributed by atoms with Gasteiger partial charge in [0, 0.05) is 10.1 Å². The van der Waals surface area contributed by atoms with E-state index >= 15 is 0 Å². The average molecular weight is 425 g/mol. The highest BCUT2D eigenvalue weighted by Gasteiger charge is 2.10. The minimum absolute atomic E-state index is 0.311. The lowest BCUT2D eigenvalue weighted by molar-refractivity contribution is -0.124. The van der Waals surface area contributed by atoms with Crippen molar-refractivity contribution in [2.75, 3.05) is 13.7 Å². The maximum absolute atomic E-state index is 11.8. The van der Waals surface area contributed by atoms with Crippen LogP contribution >= 0.6 is 22.6 Å². The summed E-state index contributed by atoms with van der Waals surface area (Å²) in [6.45, 7) is 0.0336. The van der Waals surface area contributed by atoms with Crippen LogP contribution in [0.1, 0.15) is 15.9 Å². The van der Waals surface area contributed by atoms with E-state index in [0.29, 0.717) is 12.1 Å². The molecule has 0 saturated heterocycles. The topological polar surface area (TPSA) is 64.6 Å². The van der Waals surface area contributed by atoms with Gasteiger partial charge in [-0.15, -0.1) is 0 Å². The van der Waals surface area contributed by atoms with Gasteiger partial charge in [-0.2, -0.15) is 0 Å². The number of hydrogen-bond acceptors (Lipinski definition) is 4. The van der Waals surface area contributed by atoms with E-state index in [-0.39, 0.29) is 12.5 Å². The standard InChI is InChI=1S/C17H16INO4/c1-22-15-4-2-3-12(9-15)10-19-16(20)11-23-17(21)13-5-7-14(18)8-6-13/h2-9H,10-11H2,1H3,(H,19,20). The number of carbonyl (C=O) groups is 2. The summed E-state index contributed by atoms with van der Waals surface area (Å²) in [6.07, 6.45) is 0. The number of amides is 1. The molecule has 1 N–H and O–H groups in total. The fourth-order valence-corrected chi connectivity index (χ4v) is 2.19. The molecule has 5 nitrogen and oxygen atoms in total. The lowest BCUT2D eigenvalue weighted by Crippen LogP contribution is -2.28. The Morgan fingerprint density at radius 2 is 1.87 bits per heavy atom. The van der Waals surface area contributed by atoms with Crippen LogP contribution in [-0.2, 0) is 16.1 Å². The molecule has 1 amide bonds. The molecule has 0 aliphatic heterocycles. The number of rotatable bonds is 6. The van der Waals surface area contributed by atoms with Crippen molar-refractivity contribution < 1.29 is 19.1 Å². The second kappa shape index (κ2) is 8.52. The summed E-state index contributed by atoms with van der Waals surface area (Å²) in [4.78, 5) is 23.5. The van der Waals surface area contributed by atoms with Crippen molar-refractivity contribution in [3.63, 3.8) is 0 Å². The van der Waals surface area contributed by atoms with Gasteiger partial charge in [-0.3, -0.25) is 4.79 Å². The van der Waals surface area contributed by atoms with Crippen LogP contribution in [0.25, 0.3) is 0 Å². The van der Waals surface area contributed by atoms with Crippen LogP contribution in [0.4, 0.5) is 0 Å². The number of halogens is 1. The van der Waals surface area contributed by atoms with E-state index in [9.17, 15) is 9.59 Å². The molecule has 0 aromatic heterocycles. The quantitative estimate of drug-likeness (QED) is 0.571. The first-order valence-corrected chi connectivity index (χ1v) is 7.98. The van der Waals surface area contributed by atoms with Crippen molar-refractivity contribution in [3.8, 4) is 5.75 Å². The Balaban J connectivity index is 1.78. The van der Waals surface area contributed by atoms with Crippen molar-refractivity contribution in [2.24, 2.45) is 0 Å². The Morgan fingerprint density at radius 3 is 2.57 bits per heavy atom. The van der Waals surface area contributed by atoms with E-state index in [2.05, 4.69) is 27.9 Å². The van der Waals surface area contributed by atoms with Crippen LogP contribution in [0.2, 0.25) is 0 Å². The molecule has 0 unspecified atom stereocenters. The van der Waals surface area contributed by atoms with Crippen molar-refractivity contribution >= 4 is 34.5 Å². The van der Waals surface area contributed by atoms with Crippen LogP contribution in [0, 0.1) is 3.57 Å². The van der Waals surface area contributed by atoms with Crippen molar-refractivity contribution in [3.05, 3.63) is 63.2 Å². The molecule has 0 fully saturated rings. The summed E-state index contributed by atoms with van der Waals surface area (Å²) in [5.41, 5.74) is 1.33. The number of ether oxygens (including phenoxy) is 2. The maximum Gasteiger partial charge on any atom is 0.338 e. The first-order valence-electron chi connectivity index (χ1n) is 6.91. The van der Waals surface area contributed by atoms with E-state index < -0.39 is 5.97 Å². The smallest absolute Gasteiger partial charge is 0.338 e. The molecule has 0 radical (unpaired) electrons. The van der Waals surface area contributed by atoms with E-state index in [1.165, 1.54) is 0 Å². The highest BCUT2D eigenvalue weighted by Crippen LogP contribution is 2.12. The lowest BCUT2D eigenvalue weighted by Gasteiger charge is -2.08. The van der Waals surface area contributed by atoms with Crippen LogP contribution in [0.3, 0.4) is 0 Å². The van der Waals surface area contributed by atoms with Gasteiger partial charge in [0.1, 0.15) is 5.75 Å². The molecule has 0 aliphatic rings. The molecule has 0 aliphatic carbocycles. The summed E-state index contributed by atoms with van der Waals surface area (Å²) in [6, 6.07) is 14.3. The van der Waals surface area contributed by atoms with Gasteiger partial charge in [0.25, 0.3) is 5.91 Å². The SMILES string of the molecule is COc1cccc(CNC(=O)COC(=O)c2ccc(I)cc2)c1. The van der Waals surface area contributed by atoms with Gasteiger partial charge in [-0.05, 0) is 64.6 Å². The van der Waals surface area contributed by atoms with Gasteiger partial charge < -0.3 is 14.8 Å². The Morgan fingerprint density at radius 1 is 1.13 bits per heavy atom. The second-order valence-corrected chi connectivity index (χ2v) is 5.96. The third-order valence-corrected chi connectivity index (χ3v) is 3.76. The monoisotopic (exact) mass is 425 g/mol. The molecule has 0 atom stereocenters. The third-order valence-electron chi connectivity index (χ3n) is 3.04. The fourth-order valence-electron chi connectivity index (χ4n) is 1.83. The van der Waals surface area contributed by atoms with Crippen LogP contribution < -0.4 is 10.1 Å². The van der Waals surface area contributed by atoms with E-state index in [4.69, 9.17) is 9.47 Å². The number of carbonyl (C=O) groups excluding carboxylic acids is 2. The van der Waals surface area contributed by atoms with Crippen LogP contribution in [0.5, 0.6) is 5.75 Å². The molecule has 2 aromatic rings. The summed E-state index contributed by atoms with van der Waals surface area (Å²) < 4.78 is 11.1. The Kier molecular flexibility index (Phi) is 6.40. The molecule has 2 rings (SSSR count). The van der Waals surface area contributed by atoms with E-state index in [1.54, 1.807) is 31.4 Å². The van der Waals surface area contributed by atoms with Gasteiger partial charge in [0.15, 0.2) is 6.61 Å². The molecule has 120 valence electrons. The molecule has 23 heavy (non-hydrogen) atoms. The largest absolute Gasteiger partial charge is 0.497 e. The van der Waals surface area contributed by atoms with Gasteiger partial charge in [-0.25, -0.2) is 4.79 Å². The van der Waals surface area contributed by atoms with E-state index in [0.717, 1.165) is 14.9 Å². The van der Waals surface area contributed by atoms with Gasteiger partial charge in [-0.1, -0.05) is 12.1 Å². The zero-order chi connectivity index (χ0) is 16.7. The molecular formula is C17H16INO4. The first kappa shape index (κ1) is 17.3. The zero-order valence-corrected chi connectivity index (χ0v) is 14.7. The fraction of sp³-hybridized carbons (Fsp3) is 0.176. The van der Waals surface area contributed by atoms with Crippen LogP contribution in [0.15, 0.2) is 48.5 Å². The predicted molar refractivity (Wildman–Crippen MR) is 94.3 cm³/mol. The summed E-state index contributed by atoms with van der Waals surface area (Å²) >= 11 is 2.15. The Hall–Kier alpha value is -2.09. The summed E-state index contributed by atoms with van der Waals surface area (Å²) in [5.74, 6) is -0.147. The summed E-state index contributed by atoms with van der Waals surface area (Å²) in [7, 11) is 1.59. The summed E-state index contributed by atoms with van der Waals surface area (Å²) in [5, 5.41) is 2.69. The van der Waals surface area contributed by atoms with Crippen molar-refractivity contribution in [2.45, 2.75) is 6.54 Å². The highest BCUT2D eigenvalue weighted by molar-refractivity contribution is 14.1. The Bertz CT molecular complexity index is 685. The number of benzene rings is 2. The third kappa shape index (κ3) is 5.55. The number of methoxy groups -OCH3 is 1. The van der Waals surface area contributed by atoms with Gasteiger partial charge in [0.2, 0.25) is 0 Å². The number of esters is 1. The average Bonchev–Trinajstić information content (AvgIpc) is 2.58. The first-order chi connectivity index (χ1) is 11.1. The normalized spacial score (nSPS) is 10.0.